The van der Waals surface area contributed by atoms with Crippen LogP contribution in [0, 0.1) is 0 Å². The number of nitrogens with one attached hydrogen (secondary N) is 1. The Balaban J connectivity index is 1.58. The number of hydrogen-bond acceptors (Lipinski definition) is 3. The number of ether oxygens (including phenoxy) is 1. The van der Waals surface area contributed by atoms with Gasteiger partial charge in [0.05, 0.1) is 6.10 Å². The minimum absolute atomic E-state index is 0.527. The van der Waals surface area contributed by atoms with E-state index in [1.54, 1.807) is 0 Å². The molecule has 110 valence electrons. The van der Waals surface area contributed by atoms with Crippen molar-refractivity contribution in [2.45, 2.75) is 88.6 Å². The van der Waals surface area contributed by atoms with Gasteiger partial charge in [-0.25, -0.2) is 0 Å². The van der Waals surface area contributed by atoms with Crippen molar-refractivity contribution in [1.29, 1.82) is 0 Å². The molecule has 3 fully saturated rings. The fourth-order valence-electron chi connectivity index (χ4n) is 4.73. The van der Waals surface area contributed by atoms with E-state index in [-0.39, 0.29) is 0 Å². The molecule has 0 aromatic rings. The first kappa shape index (κ1) is 13.8. The first-order valence-electron chi connectivity index (χ1n) is 8.34. The zero-order valence-electron chi connectivity index (χ0n) is 12.6. The van der Waals surface area contributed by atoms with Gasteiger partial charge in [-0.3, -0.25) is 4.90 Å². The molecule has 2 bridgehead atoms. The lowest BCUT2D eigenvalue weighted by Gasteiger charge is -2.44. The van der Waals surface area contributed by atoms with Crippen molar-refractivity contribution in [1.82, 2.24) is 10.2 Å². The highest BCUT2D eigenvalue weighted by atomic mass is 16.5. The van der Waals surface area contributed by atoms with Gasteiger partial charge in [0.1, 0.15) is 0 Å². The van der Waals surface area contributed by atoms with Gasteiger partial charge >= 0.3 is 0 Å². The summed E-state index contributed by atoms with van der Waals surface area (Å²) in [6.07, 6.45) is 11.3. The second-order valence-corrected chi connectivity index (χ2v) is 6.76. The molecule has 1 N–H and O–H groups in total. The van der Waals surface area contributed by atoms with Crippen molar-refractivity contribution in [3.05, 3.63) is 0 Å². The summed E-state index contributed by atoms with van der Waals surface area (Å²) >= 11 is 0. The average Bonchev–Trinajstić information content (AvgIpc) is 2.79. The predicted molar refractivity (Wildman–Crippen MR) is 78.4 cm³/mol. The van der Waals surface area contributed by atoms with E-state index in [4.69, 9.17) is 4.74 Å². The summed E-state index contributed by atoms with van der Waals surface area (Å²) in [5.74, 6) is 0. The molecule has 3 rings (SSSR count). The molecule has 0 spiro atoms. The second kappa shape index (κ2) is 6.11. The third kappa shape index (κ3) is 2.98. The summed E-state index contributed by atoms with van der Waals surface area (Å²) in [7, 11) is 1.87. The van der Waals surface area contributed by atoms with Gasteiger partial charge in [0, 0.05) is 31.3 Å². The van der Waals surface area contributed by atoms with E-state index in [9.17, 15) is 0 Å². The molecule has 0 aromatic heterocycles. The van der Waals surface area contributed by atoms with Gasteiger partial charge in [-0.05, 0) is 57.9 Å². The summed E-state index contributed by atoms with van der Waals surface area (Å²) in [4.78, 5) is 2.83. The maximum absolute atomic E-state index is 5.51. The van der Waals surface area contributed by atoms with Crippen molar-refractivity contribution in [2.75, 3.05) is 13.7 Å². The van der Waals surface area contributed by atoms with Crippen molar-refractivity contribution in [3.63, 3.8) is 0 Å². The fraction of sp³-hybridized carbons (Fsp3) is 1.00. The number of hydrogen-bond donors (Lipinski definition) is 1. The summed E-state index contributed by atoms with van der Waals surface area (Å²) < 4.78 is 5.51. The molecule has 19 heavy (non-hydrogen) atoms. The molecule has 2 atom stereocenters. The molecule has 3 nitrogen and oxygen atoms in total. The zero-order chi connectivity index (χ0) is 13.2. The smallest absolute Gasteiger partial charge is 0.0572 e. The molecule has 1 aliphatic carbocycles. The lowest BCUT2D eigenvalue weighted by Crippen LogP contribution is -2.52. The van der Waals surface area contributed by atoms with Gasteiger partial charge in [0.15, 0.2) is 0 Å². The molecule has 2 aliphatic heterocycles. The van der Waals surface area contributed by atoms with Crippen molar-refractivity contribution in [3.8, 4) is 0 Å². The molecule has 1 saturated carbocycles. The molecule has 3 heteroatoms. The number of fused-ring (bicyclic) bond motifs is 2. The highest BCUT2D eigenvalue weighted by Crippen LogP contribution is 2.33. The highest BCUT2D eigenvalue weighted by molar-refractivity contribution is 4.97. The normalized spacial score (nSPS) is 42.8. The number of methoxy groups -OCH3 is 1. The number of nitrogens with zero attached hydrogens (tertiary/aromatic N) is 1. The lowest BCUT2D eigenvalue weighted by molar-refractivity contribution is 0.0192. The van der Waals surface area contributed by atoms with Gasteiger partial charge in [0.2, 0.25) is 0 Å². The summed E-state index contributed by atoms with van der Waals surface area (Å²) in [6.45, 7) is 3.58. The Kier molecular flexibility index (Phi) is 4.45. The summed E-state index contributed by atoms with van der Waals surface area (Å²) in [5.41, 5.74) is 0. The first-order valence-corrected chi connectivity index (χ1v) is 8.34. The molecule has 3 aliphatic rings. The lowest BCUT2D eigenvalue weighted by atomic mass is 9.88. The van der Waals surface area contributed by atoms with Crippen LogP contribution in [0.1, 0.15) is 58.3 Å². The van der Waals surface area contributed by atoms with E-state index in [1.807, 2.05) is 7.11 Å². The van der Waals surface area contributed by atoms with Gasteiger partial charge in [-0.15, -0.1) is 0 Å². The SMILES string of the molecule is CCN(C1CCC(OC)CC1)C1CC2CCC(C1)N2. The predicted octanol–water partition coefficient (Wildman–Crippen LogP) is 2.55. The number of rotatable bonds is 4. The van der Waals surface area contributed by atoms with Crippen LogP contribution in [0.15, 0.2) is 0 Å². The van der Waals surface area contributed by atoms with E-state index in [0.29, 0.717) is 6.10 Å². The average molecular weight is 266 g/mol. The monoisotopic (exact) mass is 266 g/mol. The van der Waals surface area contributed by atoms with Crippen LogP contribution >= 0.6 is 0 Å². The standard InChI is InChI=1S/C16H30N2O/c1-3-18(14-6-8-16(19-2)9-7-14)15-10-12-4-5-13(11-15)17-12/h12-17H,3-11H2,1-2H3. The van der Waals surface area contributed by atoms with Crippen LogP contribution in [0.3, 0.4) is 0 Å². The van der Waals surface area contributed by atoms with E-state index < -0.39 is 0 Å². The van der Waals surface area contributed by atoms with Crippen LogP contribution in [0.25, 0.3) is 0 Å². The van der Waals surface area contributed by atoms with Crippen LogP contribution in [0.2, 0.25) is 0 Å². The van der Waals surface area contributed by atoms with Crippen LogP contribution < -0.4 is 5.32 Å². The molecule has 2 unspecified atom stereocenters. The molecule has 2 saturated heterocycles. The second-order valence-electron chi connectivity index (χ2n) is 6.76. The van der Waals surface area contributed by atoms with Crippen molar-refractivity contribution < 1.29 is 4.74 Å². The minimum atomic E-state index is 0.527. The first-order chi connectivity index (χ1) is 9.30. The van der Waals surface area contributed by atoms with E-state index >= 15 is 0 Å². The highest BCUT2D eigenvalue weighted by Gasteiger charge is 2.38. The summed E-state index contributed by atoms with van der Waals surface area (Å²) in [5, 5.41) is 3.77. The molecule has 0 amide bonds. The Morgan fingerprint density at radius 1 is 0.947 bits per heavy atom. The molecule has 2 heterocycles. The topological polar surface area (TPSA) is 24.5 Å². The van der Waals surface area contributed by atoms with Crippen LogP contribution in [-0.4, -0.2) is 48.8 Å². The van der Waals surface area contributed by atoms with E-state index in [1.165, 1.54) is 57.9 Å². The van der Waals surface area contributed by atoms with Gasteiger partial charge < -0.3 is 10.1 Å². The number of piperidine rings is 1. The third-order valence-corrected chi connectivity index (χ3v) is 5.73. The summed E-state index contributed by atoms with van der Waals surface area (Å²) in [6, 6.07) is 3.29. The maximum Gasteiger partial charge on any atom is 0.0572 e. The zero-order valence-corrected chi connectivity index (χ0v) is 12.6. The van der Waals surface area contributed by atoms with Gasteiger partial charge in [-0.1, -0.05) is 6.92 Å². The largest absolute Gasteiger partial charge is 0.381 e. The van der Waals surface area contributed by atoms with Crippen LogP contribution in [0.4, 0.5) is 0 Å². The molecule has 0 radical (unpaired) electrons. The van der Waals surface area contributed by atoms with Crippen molar-refractivity contribution in [2.24, 2.45) is 0 Å². The third-order valence-electron chi connectivity index (χ3n) is 5.73. The van der Waals surface area contributed by atoms with Gasteiger partial charge in [-0.2, -0.15) is 0 Å². The van der Waals surface area contributed by atoms with Crippen molar-refractivity contribution >= 4 is 0 Å². The van der Waals surface area contributed by atoms with Crippen LogP contribution in [-0.2, 0) is 4.74 Å². The maximum atomic E-state index is 5.51. The molecular formula is C16H30N2O. The molecule has 0 aromatic carbocycles. The fourth-order valence-corrected chi connectivity index (χ4v) is 4.73. The van der Waals surface area contributed by atoms with Gasteiger partial charge in [0.25, 0.3) is 0 Å². The quantitative estimate of drug-likeness (QED) is 0.846. The Morgan fingerprint density at radius 3 is 2.11 bits per heavy atom. The van der Waals surface area contributed by atoms with E-state index in [0.717, 1.165) is 24.2 Å². The Hall–Kier alpha value is -0.120. The Morgan fingerprint density at radius 2 is 1.58 bits per heavy atom. The molecular weight excluding hydrogens is 236 g/mol. The van der Waals surface area contributed by atoms with Crippen LogP contribution in [0.5, 0.6) is 0 Å². The van der Waals surface area contributed by atoms with E-state index in [2.05, 4.69) is 17.1 Å². The minimum Gasteiger partial charge on any atom is -0.381 e. The Bertz CT molecular complexity index is 276. The Labute approximate surface area is 118 Å².